The van der Waals surface area contributed by atoms with Gasteiger partial charge in [0.25, 0.3) is 5.91 Å². The summed E-state index contributed by atoms with van der Waals surface area (Å²) in [6, 6.07) is 6.62. The normalized spacial score (nSPS) is 11.2. The second-order valence-corrected chi connectivity index (χ2v) is 6.56. The highest BCUT2D eigenvalue weighted by molar-refractivity contribution is 6.04. The van der Waals surface area contributed by atoms with E-state index in [1.54, 1.807) is 36.0 Å². The largest absolute Gasteiger partial charge is 0.462 e. The SMILES string of the molecule is CCOC(=O)c1cccc(NC(=O)c2nn(C(C)(C)C)nc2CC)c1. The standard InChI is InChI=1S/C18H24N4O3/c1-6-14-15(21-22(20-14)18(3,4)5)16(23)19-13-10-8-9-12(11-13)17(24)25-7-2/h8-11H,6-7H2,1-5H3,(H,19,23). The molecule has 0 aliphatic rings. The molecule has 134 valence electrons. The summed E-state index contributed by atoms with van der Waals surface area (Å²) in [7, 11) is 0. The number of aryl methyl sites for hydroxylation is 1. The molecule has 25 heavy (non-hydrogen) atoms. The molecule has 2 rings (SSSR count). The van der Waals surface area contributed by atoms with Crippen LogP contribution in [0.1, 0.15) is 61.2 Å². The molecule has 0 spiro atoms. The smallest absolute Gasteiger partial charge is 0.338 e. The number of amides is 1. The van der Waals surface area contributed by atoms with Crippen molar-refractivity contribution in [2.24, 2.45) is 0 Å². The first-order valence-corrected chi connectivity index (χ1v) is 8.31. The highest BCUT2D eigenvalue weighted by atomic mass is 16.5. The number of nitrogens with one attached hydrogen (secondary N) is 1. The lowest BCUT2D eigenvalue weighted by atomic mass is 10.1. The molecular weight excluding hydrogens is 320 g/mol. The molecule has 0 aliphatic heterocycles. The first-order chi connectivity index (χ1) is 11.8. The third kappa shape index (κ3) is 4.43. The monoisotopic (exact) mass is 344 g/mol. The van der Waals surface area contributed by atoms with Crippen molar-refractivity contribution in [3.63, 3.8) is 0 Å². The topological polar surface area (TPSA) is 86.1 Å². The molecule has 0 radical (unpaired) electrons. The number of rotatable bonds is 5. The van der Waals surface area contributed by atoms with E-state index in [0.29, 0.717) is 35.7 Å². The summed E-state index contributed by atoms with van der Waals surface area (Å²) in [6.07, 6.45) is 0.599. The molecule has 1 aromatic heterocycles. The minimum Gasteiger partial charge on any atom is -0.462 e. The fourth-order valence-corrected chi connectivity index (χ4v) is 2.18. The molecule has 2 aromatic rings. The number of esters is 1. The van der Waals surface area contributed by atoms with Gasteiger partial charge in [0.05, 0.1) is 23.4 Å². The van der Waals surface area contributed by atoms with Gasteiger partial charge in [-0.1, -0.05) is 13.0 Å². The number of anilines is 1. The van der Waals surface area contributed by atoms with Crippen molar-refractivity contribution < 1.29 is 14.3 Å². The van der Waals surface area contributed by atoms with Crippen LogP contribution in [0.3, 0.4) is 0 Å². The summed E-state index contributed by atoms with van der Waals surface area (Å²) < 4.78 is 4.97. The second kappa shape index (κ2) is 7.46. The zero-order chi connectivity index (χ0) is 18.6. The van der Waals surface area contributed by atoms with E-state index < -0.39 is 5.97 Å². The molecule has 1 amide bonds. The molecule has 0 saturated heterocycles. The Morgan fingerprint density at radius 1 is 1.20 bits per heavy atom. The van der Waals surface area contributed by atoms with Crippen LogP contribution in [-0.4, -0.2) is 33.5 Å². The van der Waals surface area contributed by atoms with Gasteiger partial charge in [0.2, 0.25) is 0 Å². The van der Waals surface area contributed by atoms with Gasteiger partial charge < -0.3 is 10.1 Å². The third-order valence-corrected chi connectivity index (χ3v) is 3.47. The lowest BCUT2D eigenvalue weighted by Gasteiger charge is -2.16. The molecule has 0 saturated carbocycles. The van der Waals surface area contributed by atoms with E-state index in [1.165, 1.54) is 0 Å². The molecule has 0 aliphatic carbocycles. The summed E-state index contributed by atoms with van der Waals surface area (Å²) in [4.78, 5) is 26.0. The molecule has 0 atom stereocenters. The number of aromatic nitrogens is 3. The first kappa shape index (κ1) is 18.6. The third-order valence-electron chi connectivity index (χ3n) is 3.47. The van der Waals surface area contributed by atoms with E-state index >= 15 is 0 Å². The van der Waals surface area contributed by atoms with Crippen LogP contribution in [0, 0.1) is 0 Å². The Morgan fingerprint density at radius 3 is 2.52 bits per heavy atom. The summed E-state index contributed by atoms with van der Waals surface area (Å²) in [5.74, 6) is -0.778. The van der Waals surface area contributed by atoms with E-state index in [2.05, 4.69) is 15.5 Å². The van der Waals surface area contributed by atoms with Crippen molar-refractivity contribution in [3.05, 3.63) is 41.2 Å². The maximum absolute atomic E-state index is 12.6. The van der Waals surface area contributed by atoms with Crippen LogP contribution in [0.5, 0.6) is 0 Å². The Kier molecular flexibility index (Phi) is 5.56. The summed E-state index contributed by atoms with van der Waals surface area (Å²) in [6.45, 7) is 9.87. The second-order valence-electron chi connectivity index (χ2n) is 6.56. The van der Waals surface area contributed by atoms with Crippen LogP contribution in [-0.2, 0) is 16.7 Å². The zero-order valence-electron chi connectivity index (χ0n) is 15.3. The van der Waals surface area contributed by atoms with Gasteiger partial charge in [-0.2, -0.15) is 9.90 Å². The molecule has 7 nitrogen and oxygen atoms in total. The summed E-state index contributed by atoms with van der Waals surface area (Å²) in [5.41, 5.74) is 1.50. The Balaban J connectivity index is 2.24. The highest BCUT2D eigenvalue weighted by Crippen LogP contribution is 2.17. The van der Waals surface area contributed by atoms with E-state index in [0.717, 1.165) is 0 Å². The van der Waals surface area contributed by atoms with Gasteiger partial charge in [0, 0.05) is 5.69 Å². The Labute approximate surface area is 147 Å². The van der Waals surface area contributed by atoms with Gasteiger partial charge in [0.15, 0.2) is 5.69 Å². The van der Waals surface area contributed by atoms with E-state index in [9.17, 15) is 9.59 Å². The fraction of sp³-hybridized carbons (Fsp3) is 0.444. The summed E-state index contributed by atoms with van der Waals surface area (Å²) in [5, 5.41) is 11.5. The zero-order valence-corrected chi connectivity index (χ0v) is 15.3. The van der Waals surface area contributed by atoms with E-state index in [4.69, 9.17) is 4.74 Å². The first-order valence-electron chi connectivity index (χ1n) is 8.31. The van der Waals surface area contributed by atoms with E-state index in [-0.39, 0.29) is 11.4 Å². The van der Waals surface area contributed by atoms with Crippen LogP contribution >= 0.6 is 0 Å². The predicted octanol–water partition coefficient (Wildman–Crippen LogP) is 3.02. The number of ether oxygens (including phenoxy) is 1. The molecule has 1 aromatic carbocycles. The predicted molar refractivity (Wildman–Crippen MR) is 94.7 cm³/mol. The van der Waals surface area contributed by atoms with Gasteiger partial charge in [-0.05, 0) is 52.3 Å². The van der Waals surface area contributed by atoms with Gasteiger partial charge >= 0.3 is 5.97 Å². The Hall–Kier alpha value is -2.70. The van der Waals surface area contributed by atoms with Crippen molar-refractivity contribution in [3.8, 4) is 0 Å². The van der Waals surface area contributed by atoms with Crippen LogP contribution in [0.2, 0.25) is 0 Å². The summed E-state index contributed by atoms with van der Waals surface area (Å²) >= 11 is 0. The molecular formula is C18H24N4O3. The van der Waals surface area contributed by atoms with Crippen LogP contribution in [0.25, 0.3) is 0 Å². The lowest BCUT2D eigenvalue weighted by molar-refractivity contribution is 0.0526. The molecule has 7 heteroatoms. The van der Waals surface area contributed by atoms with Gasteiger partial charge in [-0.3, -0.25) is 4.79 Å². The number of hydrogen-bond donors (Lipinski definition) is 1. The van der Waals surface area contributed by atoms with Crippen molar-refractivity contribution in [1.82, 2.24) is 15.0 Å². The molecule has 0 bridgehead atoms. The average Bonchev–Trinajstić information content (AvgIpc) is 3.00. The van der Waals surface area contributed by atoms with Crippen molar-refractivity contribution in [1.29, 1.82) is 0 Å². The van der Waals surface area contributed by atoms with Crippen LogP contribution in [0.4, 0.5) is 5.69 Å². The quantitative estimate of drug-likeness (QED) is 0.843. The number of carbonyl (C=O) groups excluding carboxylic acids is 2. The minimum absolute atomic E-state index is 0.291. The maximum Gasteiger partial charge on any atom is 0.338 e. The number of benzene rings is 1. The maximum atomic E-state index is 12.6. The lowest BCUT2D eigenvalue weighted by Crippen LogP contribution is -2.25. The molecule has 1 N–H and O–H groups in total. The van der Waals surface area contributed by atoms with Gasteiger partial charge in [-0.25, -0.2) is 4.79 Å². The van der Waals surface area contributed by atoms with Gasteiger partial charge in [-0.15, -0.1) is 5.10 Å². The van der Waals surface area contributed by atoms with Crippen molar-refractivity contribution >= 4 is 17.6 Å². The molecule has 1 heterocycles. The average molecular weight is 344 g/mol. The highest BCUT2D eigenvalue weighted by Gasteiger charge is 2.23. The minimum atomic E-state index is -0.425. The van der Waals surface area contributed by atoms with Crippen molar-refractivity contribution in [2.45, 2.75) is 46.6 Å². The molecule has 0 unspecified atom stereocenters. The van der Waals surface area contributed by atoms with E-state index in [1.807, 2.05) is 27.7 Å². The van der Waals surface area contributed by atoms with Crippen LogP contribution in [0.15, 0.2) is 24.3 Å². The number of nitrogens with zero attached hydrogens (tertiary/aromatic N) is 3. The van der Waals surface area contributed by atoms with Crippen LogP contribution < -0.4 is 5.32 Å². The van der Waals surface area contributed by atoms with Gasteiger partial charge in [0.1, 0.15) is 0 Å². The molecule has 0 fully saturated rings. The Morgan fingerprint density at radius 2 is 1.92 bits per heavy atom. The number of hydrogen-bond acceptors (Lipinski definition) is 5. The number of carbonyl (C=O) groups is 2. The fourth-order valence-electron chi connectivity index (χ4n) is 2.18. The van der Waals surface area contributed by atoms with Crippen molar-refractivity contribution in [2.75, 3.05) is 11.9 Å². The Bertz CT molecular complexity index is 775.